The van der Waals surface area contributed by atoms with Gasteiger partial charge in [0.1, 0.15) is 0 Å². The zero-order valence-corrected chi connectivity index (χ0v) is 17.4. The number of hydrogen-bond acceptors (Lipinski definition) is 5. The highest BCUT2D eigenvalue weighted by molar-refractivity contribution is 5.80. The van der Waals surface area contributed by atoms with Crippen LogP contribution in [-0.2, 0) is 20.8 Å². The fourth-order valence-electron chi connectivity index (χ4n) is 5.11. The summed E-state index contributed by atoms with van der Waals surface area (Å²) in [5.41, 5.74) is 0.713. The molecule has 3 aliphatic rings. The summed E-state index contributed by atoms with van der Waals surface area (Å²) in [4.78, 5) is 42.5. The lowest BCUT2D eigenvalue weighted by atomic mass is 9.83. The molecule has 3 saturated heterocycles. The number of fused-ring (bicyclic) bond motifs is 2. The molecule has 3 fully saturated rings. The van der Waals surface area contributed by atoms with Crippen LogP contribution in [0.3, 0.4) is 0 Å². The minimum Gasteiger partial charge on any atom is -0.392 e. The molecule has 2 N–H and O–H groups in total. The molecular weight excluding hydrogens is 384 g/mol. The molecule has 0 unspecified atom stereocenters. The SMILES string of the molecule is CC(=O)NCCC(=O)N1CC2(CN(C(=O)Cc3ccccc3)C[C@@H]3C[C@@H](O)CN32)C1. The van der Waals surface area contributed by atoms with E-state index in [0.29, 0.717) is 52.1 Å². The Morgan fingerprint density at radius 2 is 1.77 bits per heavy atom. The lowest BCUT2D eigenvalue weighted by molar-refractivity contribution is -0.161. The van der Waals surface area contributed by atoms with Gasteiger partial charge in [-0.15, -0.1) is 0 Å². The summed E-state index contributed by atoms with van der Waals surface area (Å²) in [6.07, 6.45) is 0.914. The number of aliphatic hydroxyl groups is 1. The molecule has 1 spiro atoms. The summed E-state index contributed by atoms with van der Waals surface area (Å²) in [6, 6.07) is 9.86. The number of aliphatic hydroxyl groups excluding tert-OH is 1. The number of hydrogen-bond donors (Lipinski definition) is 2. The number of likely N-dealkylation sites (tertiary alicyclic amines) is 1. The molecule has 1 aromatic carbocycles. The molecule has 0 bridgehead atoms. The molecule has 1 aromatic rings. The second kappa shape index (κ2) is 8.35. The zero-order chi connectivity index (χ0) is 21.3. The minimum absolute atomic E-state index is 0.0124. The smallest absolute Gasteiger partial charge is 0.227 e. The average Bonchev–Trinajstić information content (AvgIpc) is 3.06. The van der Waals surface area contributed by atoms with Gasteiger partial charge >= 0.3 is 0 Å². The molecule has 0 aliphatic carbocycles. The third-order valence-corrected chi connectivity index (χ3v) is 6.50. The van der Waals surface area contributed by atoms with Crippen LogP contribution in [0.15, 0.2) is 30.3 Å². The Bertz CT molecular complexity index is 809. The highest BCUT2D eigenvalue weighted by atomic mass is 16.3. The van der Waals surface area contributed by atoms with Crippen LogP contribution in [0, 0.1) is 0 Å². The summed E-state index contributed by atoms with van der Waals surface area (Å²) in [7, 11) is 0. The van der Waals surface area contributed by atoms with Crippen molar-refractivity contribution in [3.8, 4) is 0 Å². The van der Waals surface area contributed by atoms with E-state index in [4.69, 9.17) is 0 Å². The minimum atomic E-state index is -0.388. The van der Waals surface area contributed by atoms with Crippen molar-refractivity contribution in [1.29, 1.82) is 0 Å². The third kappa shape index (κ3) is 4.20. The fourth-order valence-corrected chi connectivity index (χ4v) is 5.11. The number of nitrogens with one attached hydrogen (secondary N) is 1. The molecule has 8 nitrogen and oxygen atoms in total. The number of benzene rings is 1. The van der Waals surface area contributed by atoms with Crippen LogP contribution < -0.4 is 5.32 Å². The summed E-state index contributed by atoms with van der Waals surface area (Å²) in [5.74, 6) is -0.0351. The topological polar surface area (TPSA) is 93.2 Å². The molecule has 0 saturated carbocycles. The predicted octanol–water partition coefficient (Wildman–Crippen LogP) is -0.386. The van der Waals surface area contributed by atoms with Gasteiger partial charge < -0.3 is 20.2 Å². The van der Waals surface area contributed by atoms with Crippen molar-refractivity contribution in [3.63, 3.8) is 0 Å². The Hall–Kier alpha value is -2.45. The Balaban J connectivity index is 1.41. The molecule has 8 heteroatoms. The van der Waals surface area contributed by atoms with Crippen molar-refractivity contribution < 1.29 is 19.5 Å². The van der Waals surface area contributed by atoms with Crippen LogP contribution in [0.25, 0.3) is 0 Å². The summed E-state index contributed by atoms with van der Waals surface area (Å²) >= 11 is 0. The second-order valence-corrected chi connectivity index (χ2v) is 8.84. The monoisotopic (exact) mass is 414 g/mol. The van der Waals surface area contributed by atoms with Gasteiger partial charge in [-0.1, -0.05) is 30.3 Å². The molecule has 3 aliphatic heterocycles. The highest BCUT2D eigenvalue weighted by Gasteiger charge is 2.57. The third-order valence-electron chi connectivity index (χ3n) is 6.50. The van der Waals surface area contributed by atoms with Crippen LogP contribution in [0.2, 0.25) is 0 Å². The van der Waals surface area contributed by atoms with E-state index < -0.39 is 0 Å². The van der Waals surface area contributed by atoms with E-state index in [1.54, 1.807) is 4.90 Å². The molecule has 4 rings (SSSR count). The summed E-state index contributed by atoms with van der Waals surface area (Å²) in [6.45, 7) is 4.70. The van der Waals surface area contributed by atoms with Gasteiger partial charge in [-0.3, -0.25) is 19.3 Å². The maximum atomic E-state index is 13.0. The number of carbonyl (C=O) groups excluding carboxylic acids is 3. The number of nitrogens with zero attached hydrogens (tertiary/aromatic N) is 3. The van der Waals surface area contributed by atoms with Crippen molar-refractivity contribution in [1.82, 2.24) is 20.0 Å². The Morgan fingerprint density at radius 3 is 2.47 bits per heavy atom. The van der Waals surface area contributed by atoms with Gasteiger partial charge in [0.2, 0.25) is 17.7 Å². The van der Waals surface area contributed by atoms with Gasteiger partial charge in [-0.05, 0) is 12.0 Å². The molecule has 3 amide bonds. The van der Waals surface area contributed by atoms with Crippen LogP contribution in [0.1, 0.15) is 25.3 Å². The zero-order valence-electron chi connectivity index (χ0n) is 17.4. The largest absolute Gasteiger partial charge is 0.392 e. The van der Waals surface area contributed by atoms with Gasteiger partial charge in [0.05, 0.1) is 18.1 Å². The number of amides is 3. The molecule has 0 radical (unpaired) electrons. The molecular formula is C22H30N4O4. The second-order valence-electron chi connectivity index (χ2n) is 8.84. The van der Waals surface area contributed by atoms with Crippen molar-refractivity contribution in [2.75, 3.05) is 39.3 Å². The van der Waals surface area contributed by atoms with E-state index in [9.17, 15) is 19.5 Å². The quantitative estimate of drug-likeness (QED) is 0.685. The van der Waals surface area contributed by atoms with Gasteiger partial charge in [0, 0.05) is 58.7 Å². The van der Waals surface area contributed by atoms with Gasteiger partial charge in [-0.25, -0.2) is 0 Å². The molecule has 30 heavy (non-hydrogen) atoms. The van der Waals surface area contributed by atoms with E-state index in [0.717, 1.165) is 5.56 Å². The lowest BCUT2D eigenvalue weighted by Gasteiger charge is -2.60. The standard InChI is InChI=1S/C22H30N4O4/c1-16(27)23-8-7-20(29)25-14-22(15-25)13-24(11-18-10-19(28)12-26(18)22)21(30)9-17-5-3-2-4-6-17/h2-6,18-19,28H,7-15H2,1H3,(H,23,27)/t18-,19+/m0/s1. The van der Waals surface area contributed by atoms with Crippen LogP contribution >= 0.6 is 0 Å². The van der Waals surface area contributed by atoms with Crippen molar-refractivity contribution in [2.45, 2.75) is 43.9 Å². The van der Waals surface area contributed by atoms with Crippen molar-refractivity contribution in [2.24, 2.45) is 0 Å². The molecule has 162 valence electrons. The van der Waals surface area contributed by atoms with Crippen LogP contribution in [0.5, 0.6) is 0 Å². The normalized spacial score (nSPS) is 25.0. The maximum absolute atomic E-state index is 13.0. The van der Waals surface area contributed by atoms with Gasteiger partial charge in [0.25, 0.3) is 0 Å². The molecule has 0 aromatic heterocycles. The van der Waals surface area contributed by atoms with Crippen LogP contribution in [-0.4, -0.2) is 94.5 Å². The number of rotatable bonds is 5. The maximum Gasteiger partial charge on any atom is 0.227 e. The van der Waals surface area contributed by atoms with Crippen molar-refractivity contribution in [3.05, 3.63) is 35.9 Å². The van der Waals surface area contributed by atoms with E-state index in [1.165, 1.54) is 6.92 Å². The van der Waals surface area contributed by atoms with E-state index in [2.05, 4.69) is 10.2 Å². The predicted molar refractivity (Wildman–Crippen MR) is 110 cm³/mol. The highest BCUT2D eigenvalue weighted by Crippen LogP contribution is 2.39. The average molecular weight is 415 g/mol. The van der Waals surface area contributed by atoms with E-state index in [1.807, 2.05) is 35.2 Å². The first-order chi connectivity index (χ1) is 14.4. The Kier molecular flexibility index (Phi) is 5.79. The number of piperazine rings is 1. The first-order valence-corrected chi connectivity index (χ1v) is 10.6. The van der Waals surface area contributed by atoms with E-state index in [-0.39, 0.29) is 41.8 Å². The number of β-amino-alcohol motifs (C(OH)–C–C–N with tert-alkyl or cyclic N) is 1. The Labute approximate surface area is 176 Å². The lowest BCUT2D eigenvalue weighted by Crippen LogP contribution is -2.79. The van der Waals surface area contributed by atoms with Gasteiger partial charge in [-0.2, -0.15) is 0 Å². The summed E-state index contributed by atoms with van der Waals surface area (Å²) in [5, 5.41) is 12.9. The Morgan fingerprint density at radius 1 is 1.07 bits per heavy atom. The fraction of sp³-hybridized carbons (Fsp3) is 0.591. The first-order valence-electron chi connectivity index (χ1n) is 10.6. The molecule has 3 heterocycles. The van der Waals surface area contributed by atoms with Crippen LogP contribution in [0.4, 0.5) is 0 Å². The van der Waals surface area contributed by atoms with Gasteiger partial charge in [0.15, 0.2) is 0 Å². The first kappa shape index (κ1) is 20.8. The summed E-state index contributed by atoms with van der Waals surface area (Å²) < 4.78 is 0. The molecule has 2 atom stereocenters. The van der Waals surface area contributed by atoms with Crippen molar-refractivity contribution >= 4 is 17.7 Å². The number of carbonyl (C=O) groups is 3. The van der Waals surface area contributed by atoms with E-state index >= 15 is 0 Å².